The summed E-state index contributed by atoms with van der Waals surface area (Å²) in [6, 6.07) is 5.51. The number of nitrogens with one attached hydrogen (secondary N) is 2. The first kappa shape index (κ1) is 21.0. The summed E-state index contributed by atoms with van der Waals surface area (Å²) in [7, 11) is -2.29. The fraction of sp³-hybridized carbons (Fsp3) is 0.357. The van der Waals surface area contributed by atoms with E-state index < -0.39 is 21.9 Å². The van der Waals surface area contributed by atoms with Gasteiger partial charge in [0.15, 0.2) is 5.11 Å². The Morgan fingerprint density at radius 1 is 1.16 bits per heavy atom. The molecule has 1 aromatic rings. The standard InChI is InChI=1S/C14H19N3O6S2/c1-22-8-9-23-13(19)7-6-12(18)17-14(24)16-10-2-4-11(5-3-10)25(15,20)21/h2-5H,6-9H2,1H3,(H2,15,20,21)(H2,16,17,18,24). The van der Waals surface area contributed by atoms with Crippen LogP contribution in [-0.2, 0) is 29.1 Å². The van der Waals surface area contributed by atoms with Crippen LogP contribution in [0.4, 0.5) is 5.69 Å². The molecule has 0 aliphatic carbocycles. The Bertz CT molecular complexity index is 719. The zero-order chi connectivity index (χ0) is 18.9. The normalized spacial score (nSPS) is 10.8. The molecule has 1 rings (SSSR count). The number of carbonyl (C=O) groups is 2. The minimum Gasteiger partial charge on any atom is -0.463 e. The summed E-state index contributed by atoms with van der Waals surface area (Å²) in [4.78, 5) is 23.0. The Morgan fingerprint density at radius 2 is 1.80 bits per heavy atom. The van der Waals surface area contributed by atoms with Gasteiger partial charge in [-0.25, -0.2) is 13.6 Å². The Kier molecular flexibility index (Phi) is 8.41. The van der Waals surface area contributed by atoms with Gasteiger partial charge in [0.2, 0.25) is 15.9 Å². The fourth-order valence-electron chi connectivity index (χ4n) is 1.61. The molecule has 0 unspecified atom stereocenters. The van der Waals surface area contributed by atoms with Crippen molar-refractivity contribution in [2.24, 2.45) is 5.14 Å². The number of nitrogens with two attached hydrogens (primary N) is 1. The molecule has 0 atom stereocenters. The van der Waals surface area contributed by atoms with Gasteiger partial charge < -0.3 is 20.1 Å². The molecule has 0 aliphatic rings. The van der Waals surface area contributed by atoms with Gasteiger partial charge in [-0.15, -0.1) is 0 Å². The third kappa shape index (κ3) is 8.54. The Balaban J connectivity index is 2.38. The maximum Gasteiger partial charge on any atom is 0.306 e. The number of rotatable bonds is 8. The van der Waals surface area contributed by atoms with Crippen LogP contribution in [0.5, 0.6) is 0 Å². The van der Waals surface area contributed by atoms with Gasteiger partial charge in [-0.2, -0.15) is 0 Å². The molecular weight excluding hydrogens is 370 g/mol. The van der Waals surface area contributed by atoms with E-state index in [0.717, 1.165) is 0 Å². The van der Waals surface area contributed by atoms with E-state index in [1.807, 2.05) is 0 Å². The van der Waals surface area contributed by atoms with E-state index in [2.05, 4.69) is 10.6 Å². The summed E-state index contributed by atoms with van der Waals surface area (Å²) in [5.41, 5.74) is 0.469. The van der Waals surface area contributed by atoms with Gasteiger partial charge in [0.25, 0.3) is 0 Å². The van der Waals surface area contributed by atoms with E-state index in [4.69, 9.17) is 26.8 Å². The highest BCUT2D eigenvalue weighted by Gasteiger charge is 2.10. The van der Waals surface area contributed by atoms with Crippen LogP contribution in [0.3, 0.4) is 0 Å². The van der Waals surface area contributed by atoms with Crippen molar-refractivity contribution < 1.29 is 27.5 Å². The Labute approximate surface area is 150 Å². The molecule has 4 N–H and O–H groups in total. The number of anilines is 1. The van der Waals surface area contributed by atoms with Gasteiger partial charge in [-0.05, 0) is 36.5 Å². The second-order valence-electron chi connectivity index (χ2n) is 4.78. The van der Waals surface area contributed by atoms with Gasteiger partial charge >= 0.3 is 5.97 Å². The van der Waals surface area contributed by atoms with Crippen molar-refractivity contribution in [3.05, 3.63) is 24.3 Å². The lowest BCUT2D eigenvalue weighted by molar-refractivity contribution is -0.146. The number of ether oxygens (including phenoxy) is 2. The predicted octanol–water partition coefficient (Wildman–Crippen LogP) is 0.117. The molecular formula is C14H19N3O6S2. The summed E-state index contributed by atoms with van der Waals surface area (Å²) < 4.78 is 31.9. The number of esters is 1. The van der Waals surface area contributed by atoms with Crippen molar-refractivity contribution in [2.45, 2.75) is 17.7 Å². The smallest absolute Gasteiger partial charge is 0.306 e. The second-order valence-corrected chi connectivity index (χ2v) is 6.75. The number of benzene rings is 1. The Morgan fingerprint density at radius 3 is 2.36 bits per heavy atom. The first-order valence-electron chi connectivity index (χ1n) is 7.10. The average Bonchev–Trinajstić information content (AvgIpc) is 2.52. The molecule has 138 valence electrons. The van der Waals surface area contributed by atoms with Crippen molar-refractivity contribution in [2.75, 3.05) is 25.6 Å². The van der Waals surface area contributed by atoms with Crippen molar-refractivity contribution in [1.29, 1.82) is 0 Å². The summed E-state index contributed by atoms with van der Waals surface area (Å²) in [5.74, 6) is -0.966. The van der Waals surface area contributed by atoms with Crippen LogP contribution in [0, 0.1) is 0 Å². The molecule has 0 saturated carbocycles. The highest BCUT2D eigenvalue weighted by atomic mass is 32.2. The number of methoxy groups -OCH3 is 1. The monoisotopic (exact) mass is 389 g/mol. The van der Waals surface area contributed by atoms with Crippen LogP contribution >= 0.6 is 12.2 Å². The first-order chi connectivity index (χ1) is 11.7. The largest absolute Gasteiger partial charge is 0.463 e. The topological polar surface area (TPSA) is 137 Å². The highest BCUT2D eigenvalue weighted by molar-refractivity contribution is 7.89. The summed E-state index contributed by atoms with van der Waals surface area (Å²) in [6.07, 6.45) is -0.167. The third-order valence-corrected chi connectivity index (χ3v) is 3.93. The lowest BCUT2D eigenvalue weighted by atomic mass is 10.3. The average molecular weight is 389 g/mol. The van der Waals surface area contributed by atoms with E-state index in [0.29, 0.717) is 5.69 Å². The van der Waals surface area contributed by atoms with E-state index in [9.17, 15) is 18.0 Å². The molecule has 1 aromatic carbocycles. The maximum absolute atomic E-state index is 11.7. The van der Waals surface area contributed by atoms with Crippen molar-refractivity contribution in [3.8, 4) is 0 Å². The highest BCUT2D eigenvalue weighted by Crippen LogP contribution is 2.12. The molecule has 0 saturated heterocycles. The number of sulfonamides is 1. The van der Waals surface area contributed by atoms with Crippen LogP contribution in [0.1, 0.15) is 12.8 Å². The van der Waals surface area contributed by atoms with Crippen molar-refractivity contribution in [3.63, 3.8) is 0 Å². The third-order valence-electron chi connectivity index (χ3n) is 2.80. The lowest BCUT2D eigenvalue weighted by Gasteiger charge is -2.10. The minimum absolute atomic E-state index is 0.0149. The van der Waals surface area contributed by atoms with Gasteiger partial charge in [0.05, 0.1) is 17.9 Å². The summed E-state index contributed by atoms with van der Waals surface area (Å²) >= 11 is 4.97. The van der Waals surface area contributed by atoms with Crippen molar-refractivity contribution >= 4 is 44.9 Å². The maximum atomic E-state index is 11.7. The summed E-state index contributed by atoms with van der Waals surface area (Å²) in [6.45, 7) is 0.418. The molecule has 0 spiro atoms. The molecule has 11 heteroatoms. The Hall–Kier alpha value is -2.08. The molecule has 0 fully saturated rings. The molecule has 0 bridgehead atoms. The first-order valence-corrected chi connectivity index (χ1v) is 9.06. The predicted molar refractivity (Wildman–Crippen MR) is 94.2 cm³/mol. The number of hydrogen-bond donors (Lipinski definition) is 3. The second kappa shape index (κ2) is 10.0. The summed E-state index contributed by atoms with van der Waals surface area (Å²) in [5, 5.41) is 10.1. The molecule has 25 heavy (non-hydrogen) atoms. The van der Waals surface area contributed by atoms with Crippen LogP contribution in [0.15, 0.2) is 29.2 Å². The number of primary sulfonamides is 1. The van der Waals surface area contributed by atoms with Crippen LogP contribution in [0.2, 0.25) is 0 Å². The quantitative estimate of drug-likeness (QED) is 0.324. The molecule has 0 heterocycles. The zero-order valence-electron chi connectivity index (χ0n) is 13.5. The van der Waals surface area contributed by atoms with Gasteiger partial charge in [-0.3, -0.25) is 9.59 Å². The van der Waals surface area contributed by atoms with E-state index in [-0.39, 0.29) is 36.1 Å². The van der Waals surface area contributed by atoms with E-state index in [1.165, 1.54) is 31.4 Å². The number of amides is 1. The molecule has 1 amide bonds. The van der Waals surface area contributed by atoms with Crippen molar-refractivity contribution in [1.82, 2.24) is 5.32 Å². The van der Waals surface area contributed by atoms with E-state index >= 15 is 0 Å². The molecule has 0 aliphatic heterocycles. The van der Waals surface area contributed by atoms with Gasteiger partial charge in [0.1, 0.15) is 6.61 Å². The fourth-order valence-corrected chi connectivity index (χ4v) is 2.35. The minimum atomic E-state index is -3.77. The van der Waals surface area contributed by atoms with Crippen LogP contribution in [-0.4, -0.2) is 45.7 Å². The number of hydrogen-bond acceptors (Lipinski definition) is 7. The van der Waals surface area contributed by atoms with Gasteiger partial charge in [0, 0.05) is 19.2 Å². The van der Waals surface area contributed by atoms with E-state index in [1.54, 1.807) is 0 Å². The van der Waals surface area contributed by atoms with Crippen LogP contribution in [0.25, 0.3) is 0 Å². The lowest BCUT2D eigenvalue weighted by Crippen LogP contribution is -2.34. The number of carbonyl (C=O) groups excluding carboxylic acids is 2. The zero-order valence-corrected chi connectivity index (χ0v) is 15.1. The molecule has 0 radical (unpaired) electrons. The molecule has 0 aromatic heterocycles. The van der Waals surface area contributed by atoms with Crippen LogP contribution < -0.4 is 15.8 Å². The number of thiocarbonyl (C=S) groups is 1. The SMILES string of the molecule is COCCOC(=O)CCC(=O)NC(=S)Nc1ccc(S(N)(=O)=O)cc1. The van der Waals surface area contributed by atoms with Gasteiger partial charge in [-0.1, -0.05) is 0 Å². The molecule has 9 nitrogen and oxygen atoms in total.